The fourth-order valence-corrected chi connectivity index (χ4v) is 3.72. The largest absolute Gasteiger partial charge is 0.477 e. The third-order valence-electron chi connectivity index (χ3n) is 4.61. The predicted octanol–water partition coefficient (Wildman–Crippen LogP) is 2.28. The van der Waals surface area contributed by atoms with Crippen LogP contribution in [0.5, 0.6) is 0 Å². The van der Waals surface area contributed by atoms with Gasteiger partial charge in [0.05, 0.1) is 0 Å². The van der Waals surface area contributed by atoms with E-state index < -0.39 is 29.3 Å². The van der Waals surface area contributed by atoms with E-state index in [-0.39, 0.29) is 0 Å². The lowest BCUT2D eigenvalue weighted by atomic mass is 9.58. The highest BCUT2D eigenvalue weighted by molar-refractivity contribution is 5.77. The van der Waals surface area contributed by atoms with Gasteiger partial charge in [-0.3, -0.25) is 0 Å². The lowest BCUT2D eigenvalue weighted by Crippen LogP contribution is -2.64. The monoisotopic (exact) mass is 248 g/mol. The molecule has 2 rings (SSSR count). The zero-order valence-electron chi connectivity index (χ0n) is 9.83. The molecule has 4 unspecified atom stereocenters. The molecule has 2 bridgehead atoms. The number of aliphatic carboxylic acids is 1. The minimum absolute atomic E-state index is 0.369. The van der Waals surface area contributed by atoms with Crippen LogP contribution in [0.25, 0.3) is 0 Å². The first-order chi connectivity index (χ1) is 7.80. The summed E-state index contributed by atoms with van der Waals surface area (Å²) in [6, 6.07) is 0. The summed E-state index contributed by atoms with van der Waals surface area (Å²) in [5.41, 5.74) is -2.38. The molecule has 0 aliphatic heterocycles. The van der Waals surface area contributed by atoms with E-state index in [2.05, 4.69) is 0 Å². The molecule has 0 spiro atoms. The summed E-state index contributed by atoms with van der Waals surface area (Å²) in [7, 11) is 0. The molecule has 2 N–H and O–H groups in total. The van der Waals surface area contributed by atoms with Crippen LogP contribution in [0.2, 0.25) is 0 Å². The Kier molecular flexibility index (Phi) is 2.92. The van der Waals surface area contributed by atoms with Crippen molar-refractivity contribution < 1.29 is 23.8 Å². The maximum atomic E-state index is 13.8. The van der Waals surface area contributed by atoms with E-state index in [0.717, 1.165) is 12.8 Å². The number of carbonyl (C=O) groups is 1. The van der Waals surface area contributed by atoms with E-state index in [1.165, 1.54) is 0 Å². The number of rotatable bonds is 2. The number of alkyl halides is 2. The van der Waals surface area contributed by atoms with Crippen molar-refractivity contribution in [2.24, 2.45) is 17.8 Å². The van der Waals surface area contributed by atoms with Crippen molar-refractivity contribution in [2.45, 2.75) is 50.6 Å². The Bertz CT molecular complexity index is 330. The van der Waals surface area contributed by atoms with E-state index in [1.54, 1.807) is 6.92 Å². The Morgan fingerprint density at radius 3 is 2.59 bits per heavy atom. The van der Waals surface area contributed by atoms with Crippen molar-refractivity contribution in [3.63, 3.8) is 0 Å². The molecule has 2 fully saturated rings. The van der Waals surface area contributed by atoms with Crippen LogP contribution in [0.4, 0.5) is 8.78 Å². The van der Waals surface area contributed by atoms with Crippen LogP contribution in [0.3, 0.4) is 0 Å². The molecule has 0 aromatic heterocycles. The van der Waals surface area contributed by atoms with Crippen LogP contribution in [-0.2, 0) is 4.79 Å². The van der Waals surface area contributed by atoms with Gasteiger partial charge < -0.3 is 10.2 Å². The van der Waals surface area contributed by atoms with Crippen LogP contribution < -0.4 is 0 Å². The highest BCUT2D eigenvalue weighted by Gasteiger charge is 2.66. The molecule has 0 aromatic rings. The van der Waals surface area contributed by atoms with Gasteiger partial charge in [-0.1, -0.05) is 19.8 Å². The minimum Gasteiger partial charge on any atom is -0.477 e. The maximum Gasteiger partial charge on any atom is 0.377 e. The highest BCUT2D eigenvalue weighted by Crippen LogP contribution is 2.54. The molecular weight excluding hydrogens is 230 g/mol. The first-order valence-corrected chi connectivity index (χ1v) is 6.13. The van der Waals surface area contributed by atoms with Crippen molar-refractivity contribution in [2.75, 3.05) is 0 Å². The van der Waals surface area contributed by atoms with E-state index in [4.69, 9.17) is 5.11 Å². The standard InChI is InChI=1S/C12H18F2O3/c1-7-5-8-3-2-4-9(6-8)11(7,17)12(13,14)10(15)16/h7-9,17H,2-6H2,1H3,(H,15,16). The van der Waals surface area contributed by atoms with Crippen molar-refractivity contribution in [1.29, 1.82) is 0 Å². The summed E-state index contributed by atoms with van der Waals surface area (Å²) in [5.74, 6) is -7.16. The van der Waals surface area contributed by atoms with Gasteiger partial charge in [-0.25, -0.2) is 4.79 Å². The molecule has 2 aliphatic carbocycles. The first-order valence-electron chi connectivity index (χ1n) is 6.13. The third-order valence-corrected chi connectivity index (χ3v) is 4.61. The average molecular weight is 248 g/mol. The zero-order valence-corrected chi connectivity index (χ0v) is 9.83. The van der Waals surface area contributed by atoms with E-state index in [9.17, 15) is 18.7 Å². The Morgan fingerprint density at radius 2 is 2.00 bits per heavy atom. The van der Waals surface area contributed by atoms with Crippen molar-refractivity contribution in [3.8, 4) is 0 Å². The Hall–Kier alpha value is -0.710. The van der Waals surface area contributed by atoms with Gasteiger partial charge in [0.25, 0.3) is 0 Å². The lowest BCUT2D eigenvalue weighted by Gasteiger charge is -2.51. The summed E-state index contributed by atoms with van der Waals surface area (Å²) >= 11 is 0. The Labute approximate surface area is 98.8 Å². The minimum atomic E-state index is -4.06. The van der Waals surface area contributed by atoms with Gasteiger partial charge in [-0.05, 0) is 37.0 Å². The van der Waals surface area contributed by atoms with Crippen LogP contribution >= 0.6 is 0 Å². The number of hydrogen-bond donors (Lipinski definition) is 2. The second-order valence-corrected chi connectivity index (χ2v) is 5.57. The van der Waals surface area contributed by atoms with Gasteiger partial charge in [-0.2, -0.15) is 8.78 Å². The Balaban J connectivity index is 2.36. The van der Waals surface area contributed by atoms with Gasteiger partial charge in [0.15, 0.2) is 0 Å². The maximum absolute atomic E-state index is 13.8. The third kappa shape index (κ3) is 1.66. The smallest absolute Gasteiger partial charge is 0.377 e. The molecule has 5 heteroatoms. The second-order valence-electron chi connectivity index (χ2n) is 5.57. The highest BCUT2D eigenvalue weighted by atomic mass is 19.3. The quantitative estimate of drug-likeness (QED) is 0.788. The van der Waals surface area contributed by atoms with E-state index in [0.29, 0.717) is 25.2 Å². The van der Waals surface area contributed by atoms with Crippen LogP contribution in [0.1, 0.15) is 39.0 Å². The number of fused-ring (bicyclic) bond motifs is 2. The molecule has 2 saturated carbocycles. The molecule has 17 heavy (non-hydrogen) atoms. The van der Waals surface area contributed by atoms with Gasteiger partial charge in [-0.15, -0.1) is 0 Å². The number of carboxylic acids is 1. The van der Waals surface area contributed by atoms with Crippen LogP contribution in [-0.4, -0.2) is 27.7 Å². The molecule has 2 aliphatic rings. The summed E-state index contributed by atoms with van der Waals surface area (Å²) in [6.07, 6.45) is 3.34. The number of carboxylic acid groups (broad SMARTS) is 1. The van der Waals surface area contributed by atoms with Gasteiger partial charge >= 0.3 is 11.9 Å². The molecule has 0 amide bonds. The van der Waals surface area contributed by atoms with E-state index in [1.807, 2.05) is 0 Å². The molecule has 0 heterocycles. The summed E-state index contributed by atoms with van der Waals surface area (Å²) in [6.45, 7) is 1.54. The molecule has 0 aromatic carbocycles. The summed E-state index contributed by atoms with van der Waals surface area (Å²) in [4.78, 5) is 10.7. The molecule has 0 radical (unpaired) electrons. The SMILES string of the molecule is CC1CC2CCCC(C2)C1(O)C(F)(F)C(=O)O. The van der Waals surface area contributed by atoms with Crippen molar-refractivity contribution in [1.82, 2.24) is 0 Å². The van der Waals surface area contributed by atoms with Gasteiger partial charge in [0, 0.05) is 0 Å². The number of aliphatic hydroxyl groups is 1. The fourth-order valence-electron chi connectivity index (χ4n) is 3.72. The summed E-state index contributed by atoms with van der Waals surface area (Å²) in [5, 5.41) is 19.0. The van der Waals surface area contributed by atoms with Gasteiger partial charge in [0.1, 0.15) is 5.60 Å². The average Bonchev–Trinajstić information content (AvgIpc) is 2.26. The first kappa shape index (κ1) is 12.7. The van der Waals surface area contributed by atoms with Crippen molar-refractivity contribution >= 4 is 5.97 Å². The number of halogens is 2. The summed E-state index contributed by atoms with van der Waals surface area (Å²) < 4.78 is 27.6. The number of hydrogen-bond acceptors (Lipinski definition) is 2. The van der Waals surface area contributed by atoms with Crippen molar-refractivity contribution in [3.05, 3.63) is 0 Å². The molecule has 98 valence electrons. The molecule has 3 nitrogen and oxygen atoms in total. The zero-order chi connectivity index (χ0) is 12.8. The molecule has 4 atom stereocenters. The van der Waals surface area contributed by atoms with E-state index >= 15 is 0 Å². The molecule has 0 saturated heterocycles. The Morgan fingerprint density at radius 1 is 1.35 bits per heavy atom. The molecular formula is C12H18F2O3. The topological polar surface area (TPSA) is 57.5 Å². The normalized spacial score (nSPS) is 42.2. The predicted molar refractivity (Wildman–Crippen MR) is 56.8 cm³/mol. The van der Waals surface area contributed by atoms with Crippen LogP contribution in [0, 0.1) is 17.8 Å². The lowest BCUT2D eigenvalue weighted by molar-refractivity contribution is -0.256. The van der Waals surface area contributed by atoms with Crippen LogP contribution in [0.15, 0.2) is 0 Å². The second kappa shape index (κ2) is 3.90. The van der Waals surface area contributed by atoms with Gasteiger partial charge in [0.2, 0.25) is 0 Å². The fraction of sp³-hybridized carbons (Fsp3) is 0.917.